The van der Waals surface area contributed by atoms with Crippen molar-refractivity contribution in [2.45, 2.75) is 33.6 Å². The average molecular weight is 402 g/mol. The Hall–Kier alpha value is -3.31. The van der Waals surface area contributed by atoms with E-state index in [-0.39, 0.29) is 0 Å². The van der Waals surface area contributed by atoms with Crippen molar-refractivity contribution in [3.8, 4) is 11.5 Å². The predicted octanol–water partition coefficient (Wildman–Crippen LogP) is 5.19. The SMILES string of the molecule is Cc1cccc(COc2cc(CN3CN=CO3)cc(OCc3cccc(C)c3)c2)c1. The molecule has 0 fully saturated rings. The minimum atomic E-state index is 0.506. The van der Waals surface area contributed by atoms with Gasteiger partial charge in [-0.3, -0.25) is 0 Å². The molecule has 1 aliphatic rings. The van der Waals surface area contributed by atoms with Crippen molar-refractivity contribution in [1.29, 1.82) is 0 Å². The van der Waals surface area contributed by atoms with E-state index in [1.165, 1.54) is 17.5 Å². The van der Waals surface area contributed by atoms with Gasteiger partial charge in [0.25, 0.3) is 0 Å². The molecule has 0 atom stereocenters. The number of hydrogen-bond acceptors (Lipinski definition) is 5. The Morgan fingerprint density at radius 2 is 1.40 bits per heavy atom. The molecule has 0 spiro atoms. The van der Waals surface area contributed by atoms with Crippen molar-refractivity contribution < 1.29 is 14.3 Å². The highest BCUT2D eigenvalue weighted by Crippen LogP contribution is 2.26. The molecular weight excluding hydrogens is 376 g/mol. The van der Waals surface area contributed by atoms with Crippen LogP contribution >= 0.6 is 0 Å². The number of rotatable bonds is 8. The Morgan fingerprint density at radius 1 is 0.800 bits per heavy atom. The van der Waals surface area contributed by atoms with Gasteiger partial charge in [-0.25, -0.2) is 4.99 Å². The second kappa shape index (κ2) is 9.46. The summed E-state index contributed by atoms with van der Waals surface area (Å²) in [6, 6.07) is 22.7. The zero-order chi connectivity index (χ0) is 20.8. The summed E-state index contributed by atoms with van der Waals surface area (Å²) in [6.45, 7) is 6.30. The summed E-state index contributed by atoms with van der Waals surface area (Å²) in [4.78, 5) is 9.47. The number of benzene rings is 3. The molecule has 0 aliphatic carbocycles. The lowest BCUT2D eigenvalue weighted by molar-refractivity contribution is -0.0519. The second-order valence-electron chi connectivity index (χ2n) is 7.54. The molecule has 154 valence electrons. The van der Waals surface area contributed by atoms with E-state index >= 15 is 0 Å². The summed E-state index contributed by atoms with van der Waals surface area (Å²) in [5, 5.41) is 1.78. The summed E-state index contributed by atoms with van der Waals surface area (Å²) in [5.74, 6) is 1.54. The zero-order valence-electron chi connectivity index (χ0n) is 17.4. The topological polar surface area (TPSA) is 43.3 Å². The van der Waals surface area contributed by atoms with Crippen LogP contribution in [0.25, 0.3) is 0 Å². The van der Waals surface area contributed by atoms with Gasteiger partial charge in [0.1, 0.15) is 31.4 Å². The van der Waals surface area contributed by atoms with Crippen molar-refractivity contribution >= 4 is 6.40 Å². The maximum Gasteiger partial charge on any atom is 0.198 e. The first-order valence-corrected chi connectivity index (χ1v) is 10.0. The molecule has 0 aromatic heterocycles. The molecule has 3 aromatic carbocycles. The Kier molecular flexibility index (Phi) is 6.30. The lowest BCUT2D eigenvalue weighted by Gasteiger charge is -2.16. The first-order valence-electron chi connectivity index (χ1n) is 10.0. The molecule has 30 heavy (non-hydrogen) atoms. The smallest absolute Gasteiger partial charge is 0.198 e. The van der Waals surface area contributed by atoms with E-state index < -0.39 is 0 Å². The summed E-state index contributed by atoms with van der Waals surface area (Å²) in [5.41, 5.74) is 5.76. The van der Waals surface area contributed by atoms with Crippen LogP contribution in [0.4, 0.5) is 0 Å². The third kappa shape index (κ3) is 5.61. The van der Waals surface area contributed by atoms with Crippen molar-refractivity contribution in [1.82, 2.24) is 5.06 Å². The maximum absolute atomic E-state index is 6.09. The van der Waals surface area contributed by atoms with Gasteiger partial charge in [0.2, 0.25) is 0 Å². The van der Waals surface area contributed by atoms with E-state index in [0.29, 0.717) is 26.4 Å². The third-order valence-corrected chi connectivity index (χ3v) is 4.78. The van der Waals surface area contributed by atoms with Crippen LogP contribution < -0.4 is 9.47 Å². The number of aliphatic imine (C=N–C) groups is 1. The minimum Gasteiger partial charge on any atom is -0.489 e. The quantitative estimate of drug-likeness (QED) is 0.520. The lowest BCUT2D eigenvalue weighted by atomic mass is 10.1. The zero-order valence-corrected chi connectivity index (χ0v) is 17.4. The van der Waals surface area contributed by atoms with Crippen LogP contribution in [0.5, 0.6) is 11.5 Å². The summed E-state index contributed by atoms with van der Waals surface area (Å²) < 4.78 is 12.2. The van der Waals surface area contributed by atoms with E-state index in [0.717, 1.165) is 28.2 Å². The molecule has 0 saturated carbocycles. The van der Waals surface area contributed by atoms with Crippen LogP contribution in [-0.2, 0) is 24.6 Å². The van der Waals surface area contributed by atoms with Crippen LogP contribution in [0.1, 0.15) is 27.8 Å². The van der Waals surface area contributed by atoms with Gasteiger partial charge in [-0.1, -0.05) is 59.7 Å². The average Bonchev–Trinajstić information content (AvgIpc) is 3.24. The van der Waals surface area contributed by atoms with Crippen LogP contribution in [-0.4, -0.2) is 18.1 Å². The van der Waals surface area contributed by atoms with E-state index in [4.69, 9.17) is 14.3 Å². The summed E-state index contributed by atoms with van der Waals surface area (Å²) in [7, 11) is 0. The molecule has 5 nitrogen and oxygen atoms in total. The highest BCUT2D eigenvalue weighted by Gasteiger charge is 2.12. The second-order valence-corrected chi connectivity index (χ2v) is 7.54. The Morgan fingerprint density at radius 3 is 1.90 bits per heavy atom. The molecule has 1 heterocycles. The predicted molar refractivity (Wildman–Crippen MR) is 117 cm³/mol. The van der Waals surface area contributed by atoms with Crippen molar-refractivity contribution in [2.24, 2.45) is 4.99 Å². The highest BCUT2D eigenvalue weighted by molar-refractivity contribution is 5.47. The molecular formula is C25H26N2O3. The van der Waals surface area contributed by atoms with E-state index in [2.05, 4.69) is 55.2 Å². The van der Waals surface area contributed by atoms with Crippen LogP contribution in [0.3, 0.4) is 0 Å². The van der Waals surface area contributed by atoms with Crippen LogP contribution in [0.2, 0.25) is 0 Å². The fourth-order valence-electron chi connectivity index (χ4n) is 3.37. The fourth-order valence-corrected chi connectivity index (χ4v) is 3.37. The maximum atomic E-state index is 6.09. The first kappa shape index (κ1) is 20.0. The van der Waals surface area contributed by atoms with Gasteiger partial charge in [-0.2, -0.15) is 0 Å². The molecule has 4 rings (SSSR count). The van der Waals surface area contributed by atoms with Gasteiger partial charge in [0.15, 0.2) is 6.40 Å². The van der Waals surface area contributed by atoms with E-state index in [1.54, 1.807) is 5.06 Å². The molecule has 0 amide bonds. The summed E-state index contributed by atoms with van der Waals surface area (Å²) >= 11 is 0. The van der Waals surface area contributed by atoms with Crippen molar-refractivity contribution in [3.63, 3.8) is 0 Å². The minimum absolute atomic E-state index is 0.506. The van der Waals surface area contributed by atoms with Gasteiger partial charge in [-0.15, -0.1) is 5.06 Å². The van der Waals surface area contributed by atoms with Gasteiger partial charge in [0.05, 0.1) is 6.54 Å². The van der Waals surface area contributed by atoms with Crippen LogP contribution in [0.15, 0.2) is 71.7 Å². The summed E-state index contributed by atoms with van der Waals surface area (Å²) in [6.07, 6.45) is 1.47. The molecule has 0 radical (unpaired) electrons. The number of hydroxylamine groups is 2. The van der Waals surface area contributed by atoms with Gasteiger partial charge >= 0.3 is 0 Å². The standard InChI is InChI=1S/C25H26N2O3/c1-19-5-3-7-21(9-19)15-28-24-11-23(14-27-17-26-18-30-27)12-25(13-24)29-16-22-8-4-6-20(2)10-22/h3-13,18H,14-17H2,1-2H3. The molecule has 5 heteroatoms. The van der Waals surface area contributed by atoms with Crippen molar-refractivity contribution in [2.75, 3.05) is 6.67 Å². The first-order chi connectivity index (χ1) is 14.6. The number of aryl methyl sites for hydroxylation is 2. The third-order valence-electron chi connectivity index (χ3n) is 4.78. The molecule has 0 saturated heterocycles. The van der Waals surface area contributed by atoms with Gasteiger partial charge in [0, 0.05) is 6.07 Å². The highest BCUT2D eigenvalue weighted by atomic mass is 16.7. The molecule has 0 N–H and O–H groups in total. The Balaban J connectivity index is 1.49. The van der Waals surface area contributed by atoms with E-state index in [9.17, 15) is 0 Å². The normalized spacial score (nSPS) is 13.3. The van der Waals surface area contributed by atoms with Crippen LogP contribution in [0, 0.1) is 13.8 Å². The Labute approximate surface area is 177 Å². The number of nitrogens with zero attached hydrogens (tertiary/aromatic N) is 2. The number of hydrogen-bond donors (Lipinski definition) is 0. The molecule has 0 bridgehead atoms. The van der Waals surface area contributed by atoms with E-state index in [1.807, 2.05) is 30.3 Å². The fraction of sp³-hybridized carbons (Fsp3) is 0.240. The molecule has 0 unspecified atom stereocenters. The van der Waals surface area contributed by atoms with Crippen molar-refractivity contribution in [3.05, 3.63) is 94.5 Å². The molecule has 3 aromatic rings. The van der Waals surface area contributed by atoms with Gasteiger partial charge in [-0.05, 0) is 42.7 Å². The van der Waals surface area contributed by atoms with Gasteiger partial charge < -0.3 is 14.3 Å². The Bertz CT molecular complexity index is 957. The molecule has 1 aliphatic heterocycles. The largest absolute Gasteiger partial charge is 0.489 e. The monoisotopic (exact) mass is 402 g/mol. The lowest BCUT2D eigenvalue weighted by Crippen LogP contribution is -2.18. The number of ether oxygens (including phenoxy) is 2.